The summed E-state index contributed by atoms with van der Waals surface area (Å²) in [5.41, 5.74) is 2.19. The van der Waals surface area contributed by atoms with Crippen molar-refractivity contribution in [2.45, 2.75) is 12.8 Å². The highest BCUT2D eigenvalue weighted by molar-refractivity contribution is 6.35. The fourth-order valence-corrected chi connectivity index (χ4v) is 2.68. The molecule has 0 saturated carbocycles. The lowest BCUT2D eigenvalue weighted by atomic mass is 10.1. The zero-order chi connectivity index (χ0) is 15.1. The smallest absolute Gasteiger partial charge is 0.0640 e. The SMILES string of the molecule is N#CCCN(CCc1ccc(Cl)cc1Cl)c1ccccc1. The normalized spacial score (nSPS) is 10.1. The molecule has 0 atom stereocenters. The first-order valence-corrected chi connectivity index (χ1v) is 7.57. The van der Waals surface area contributed by atoms with Crippen LogP contribution in [0.3, 0.4) is 0 Å². The first-order valence-electron chi connectivity index (χ1n) is 6.81. The molecule has 4 heteroatoms. The molecule has 0 spiro atoms. The van der Waals surface area contributed by atoms with Crippen LogP contribution in [0.4, 0.5) is 5.69 Å². The summed E-state index contributed by atoms with van der Waals surface area (Å²) in [4.78, 5) is 2.20. The van der Waals surface area contributed by atoms with Gasteiger partial charge in [-0.05, 0) is 36.2 Å². The van der Waals surface area contributed by atoms with E-state index < -0.39 is 0 Å². The molecule has 0 aliphatic heterocycles. The Hall–Kier alpha value is -1.69. The first kappa shape index (κ1) is 15.7. The molecule has 0 N–H and O–H groups in total. The number of hydrogen-bond donors (Lipinski definition) is 0. The van der Waals surface area contributed by atoms with E-state index in [4.69, 9.17) is 28.5 Å². The molecule has 0 fully saturated rings. The number of halogens is 2. The van der Waals surface area contributed by atoms with E-state index in [1.807, 2.05) is 30.3 Å². The van der Waals surface area contributed by atoms with E-state index in [0.717, 1.165) is 24.2 Å². The molecular weight excluding hydrogens is 303 g/mol. The van der Waals surface area contributed by atoms with Gasteiger partial charge in [-0.2, -0.15) is 5.26 Å². The van der Waals surface area contributed by atoms with Crippen LogP contribution in [0.2, 0.25) is 10.0 Å². The average Bonchev–Trinajstić information content (AvgIpc) is 2.50. The van der Waals surface area contributed by atoms with E-state index in [1.165, 1.54) is 0 Å². The number of benzene rings is 2. The van der Waals surface area contributed by atoms with Gasteiger partial charge in [-0.1, -0.05) is 47.5 Å². The number of rotatable bonds is 6. The van der Waals surface area contributed by atoms with Gasteiger partial charge in [0.05, 0.1) is 12.5 Å². The molecule has 21 heavy (non-hydrogen) atoms. The van der Waals surface area contributed by atoms with Crippen molar-refractivity contribution in [1.82, 2.24) is 0 Å². The summed E-state index contributed by atoms with van der Waals surface area (Å²) in [6.45, 7) is 1.53. The van der Waals surface area contributed by atoms with Crippen LogP contribution >= 0.6 is 23.2 Å². The molecule has 2 rings (SSSR count). The summed E-state index contributed by atoms with van der Waals surface area (Å²) < 4.78 is 0. The maximum atomic E-state index is 8.81. The molecule has 0 saturated heterocycles. The van der Waals surface area contributed by atoms with Gasteiger partial charge in [-0.25, -0.2) is 0 Å². The zero-order valence-electron chi connectivity index (χ0n) is 11.6. The monoisotopic (exact) mass is 318 g/mol. The summed E-state index contributed by atoms with van der Waals surface area (Å²) in [6, 6.07) is 17.9. The Labute approximate surface area is 135 Å². The maximum Gasteiger partial charge on any atom is 0.0640 e. The largest absolute Gasteiger partial charge is 0.370 e. The second-order valence-electron chi connectivity index (χ2n) is 4.72. The number of para-hydroxylation sites is 1. The highest BCUT2D eigenvalue weighted by Gasteiger charge is 2.08. The lowest BCUT2D eigenvalue weighted by Gasteiger charge is -2.24. The van der Waals surface area contributed by atoms with E-state index in [1.54, 1.807) is 6.07 Å². The minimum Gasteiger partial charge on any atom is -0.370 e. The van der Waals surface area contributed by atoms with Crippen LogP contribution in [-0.2, 0) is 6.42 Å². The minimum absolute atomic E-state index is 0.503. The van der Waals surface area contributed by atoms with Crippen molar-refractivity contribution in [1.29, 1.82) is 5.26 Å². The Morgan fingerprint density at radius 1 is 1.00 bits per heavy atom. The molecule has 0 heterocycles. The lowest BCUT2D eigenvalue weighted by Crippen LogP contribution is -2.26. The molecule has 0 aliphatic rings. The molecule has 0 unspecified atom stereocenters. The van der Waals surface area contributed by atoms with Crippen LogP contribution in [0.15, 0.2) is 48.5 Å². The van der Waals surface area contributed by atoms with Gasteiger partial charge in [0.2, 0.25) is 0 Å². The predicted octanol–water partition coefficient (Wildman–Crippen LogP) is 4.96. The summed E-state index contributed by atoms with van der Waals surface area (Å²) in [5.74, 6) is 0. The van der Waals surface area contributed by atoms with Gasteiger partial charge in [0, 0.05) is 28.8 Å². The van der Waals surface area contributed by atoms with Gasteiger partial charge in [0.25, 0.3) is 0 Å². The van der Waals surface area contributed by atoms with Crippen LogP contribution in [0.1, 0.15) is 12.0 Å². The standard InChI is InChI=1S/C17H16Cl2N2/c18-15-8-7-14(17(19)13-15)9-12-21(11-4-10-20)16-5-2-1-3-6-16/h1-3,5-8,13H,4,9,11-12H2. The molecule has 0 radical (unpaired) electrons. The molecule has 0 aliphatic carbocycles. The number of nitriles is 1. The van der Waals surface area contributed by atoms with Gasteiger partial charge in [0.1, 0.15) is 0 Å². The molecule has 0 aromatic heterocycles. The minimum atomic E-state index is 0.503. The third-order valence-corrected chi connectivity index (χ3v) is 3.87. The first-order chi connectivity index (χ1) is 10.2. The fourth-order valence-electron chi connectivity index (χ4n) is 2.17. The van der Waals surface area contributed by atoms with Crippen LogP contribution in [-0.4, -0.2) is 13.1 Å². The molecule has 2 aromatic carbocycles. The molecule has 2 aromatic rings. The second kappa shape index (κ2) is 7.93. The summed E-state index contributed by atoms with van der Waals surface area (Å²) >= 11 is 12.1. The zero-order valence-corrected chi connectivity index (χ0v) is 13.1. The number of hydrogen-bond acceptors (Lipinski definition) is 2. The van der Waals surface area contributed by atoms with E-state index >= 15 is 0 Å². The summed E-state index contributed by atoms with van der Waals surface area (Å²) in [7, 11) is 0. The molecular formula is C17H16Cl2N2. The quantitative estimate of drug-likeness (QED) is 0.753. The van der Waals surface area contributed by atoms with Gasteiger partial charge in [0.15, 0.2) is 0 Å². The van der Waals surface area contributed by atoms with Crippen LogP contribution in [0.25, 0.3) is 0 Å². The van der Waals surface area contributed by atoms with Gasteiger partial charge < -0.3 is 4.90 Å². The summed E-state index contributed by atoms with van der Waals surface area (Å²) in [5, 5.41) is 10.1. The molecule has 2 nitrogen and oxygen atoms in total. The fraction of sp³-hybridized carbons (Fsp3) is 0.235. The van der Waals surface area contributed by atoms with E-state index in [0.29, 0.717) is 23.0 Å². The number of anilines is 1. The predicted molar refractivity (Wildman–Crippen MR) is 89.1 cm³/mol. The van der Waals surface area contributed by atoms with Crippen LogP contribution < -0.4 is 4.90 Å². The van der Waals surface area contributed by atoms with Gasteiger partial charge in [-0.15, -0.1) is 0 Å². The van der Waals surface area contributed by atoms with Gasteiger partial charge >= 0.3 is 0 Å². The topological polar surface area (TPSA) is 27.0 Å². The van der Waals surface area contributed by atoms with Crippen molar-refractivity contribution >= 4 is 28.9 Å². The van der Waals surface area contributed by atoms with Gasteiger partial charge in [-0.3, -0.25) is 0 Å². The van der Waals surface area contributed by atoms with Crippen molar-refractivity contribution in [3.05, 3.63) is 64.1 Å². The third kappa shape index (κ3) is 4.67. The summed E-state index contributed by atoms with van der Waals surface area (Å²) in [6.07, 6.45) is 1.32. The van der Waals surface area contributed by atoms with E-state index in [2.05, 4.69) is 23.1 Å². The highest BCUT2D eigenvalue weighted by Crippen LogP contribution is 2.22. The Morgan fingerprint density at radius 2 is 1.76 bits per heavy atom. The Balaban J connectivity index is 2.07. The lowest BCUT2D eigenvalue weighted by molar-refractivity contribution is 0.782. The Morgan fingerprint density at radius 3 is 2.43 bits per heavy atom. The second-order valence-corrected chi connectivity index (χ2v) is 5.56. The average molecular weight is 319 g/mol. The van der Waals surface area contributed by atoms with Crippen molar-refractivity contribution in [2.24, 2.45) is 0 Å². The number of nitrogens with zero attached hydrogens (tertiary/aromatic N) is 2. The van der Waals surface area contributed by atoms with Crippen LogP contribution in [0.5, 0.6) is 0 Å². The van der Waals surface area contributed by atoms with Crippen LogP contribution in [0, 0.1) is 11.3 Å². The van der Waals surface area contributed by atoms with Crippen molar-refractivity contribution in [3.63, 3.8) is 0 Å². The molecule has 0 bridgehead atoms. The van der Waals surface area contributed by atoms with Crippen molar-refractivity contribution in [3.8, 4) is 6.07 Å². The van der Waals surface area contributed by atoms with E-state index in [9.17, 15) is 0 Å². The van der Waals surface area contributed by atoms with Crippen molar-refractivity contribution in [2.75, 3.05) is 18.0 Å². The third-order valence-electron chi connectivity index (χ3n) is 3.28. The Bertz CT molecular complexity index is 620. The van der Waals surface area contributed by atoms with E-state index in [-0.39, 0.29) is 0 Å². The molecule has 108 valence electrons. The Kier molecular flexibility index (Phi) is 5.92. The van der Waals surface area contributed by atoms with Crippen molar-refractivity contribution < 1.29 is 0 Å². The highest BCUT2D eigenvalue weighted by atomic mass is 35.5. The maximum absolute atomic E-state index is 8.81. The molecule has 0 amide bonds.